The number of carbonyl (C=O) groups excluding carboxylic acids is 1. The molecule has 0 unspecified atom stereocenters. The van der Waals surface area contributed by atoms with Gasteiger partial charge in [-0.15, -0.1) is 11.3 Å². The number of rotatable bonds is 4. The monoisotopic (exact) mass is 323 g/mol. The van der Waals surface area contributed by atoms with E-state index in [-0.39, 0.29) is 11.8 Å². The molecule has 1 saturated carbocycles. The molecule has 3 N–H and O–H groups in total. The van der Waals surface area contributed by atoms with Gasteiger partial charge in [-0.1, -0.05) is 18.0 Å². The van der Waals surface area contributed by atoms with E-state index in [9.17, 15) is 4.79 Å². The number of nitrogens with one attached hydrogen (secondary N) is 1. The number of fused-ring (bicyclic) bond motifs is 1. The van der Waals surface area contributed by atoms with E-state index in [1.165, 1.54) is 0 Å². The summed E-state index contributed by atoms with van der Waals surface area (Å²) in [6, 6.07) is 5.66. The minimum Gasteiger partial charge on any atom is -0.349 e. The van der Waals surface area contributed by atoms with Gasteiger partial charge in [0.15, 0.2) is 0 Å². The Labute approximate surface area is 132 Å². The summed E-state index contributed by atoms with van der Waals surface area (Å²) in [5, 5.41) is 4.59. The van der Waals surface area contributed by atoms with Crippen LogP contribution in [0.4, 0.5) is 0 Å². The smallest absolute Gasteiger partial charge is 0.223 e. The van der Waals surface area contributed by atoms with Crippen LogP contribution in [0.3, 0.4) is 0 Å². The number of thiazole rings is 1. The quantitative estimate of drug-likeness (QED) is 0.909. The van der Waals surface area contributed by atoms with E-state index >= 15 is 0 Å². The van der Waals surface area contributed by atoms with Gasteiger partial charge >= 0.3 is 0 Å². The lowest BCUT2D eigenvalue weighted by Crippen LogP contribution is -2.34. The van der Waals surface area contributed by atoms with Crippen molar-refractivity contribution in [3.8, 4) is 0 Å². The molecule has 4 nitrogen and oxygen atoms in total. The molecule has 112 valence electrons. The predicted octanol–water partition coefficient (Wildman–Crippen LogP) is 2.94. The Balaban J connectivity index is 1.64. The Bertz CT molecular complexity index is 657. The molecule has 6 heteroatoms. The normalized spacial score (nSPS) is 21.8. The number of hydrogen-bond donors (Lipinski definition) is 2. The summed E-state index contributed by atoms with van der Waals surface area (Å²) in [6.45, 7) is 1.07. The van der Waals surface area contributed by atoms with Crippen LogP contribution < -0.4 is 11.1 Å². The number of nitrogens with zero attached hydrogens (tertiary/aromatic N) is 1. The fourth-order valence-electron chi connectivity index (χ4n) is 2.98. The molecule has 0 spiro atoms. The molecule has 1 aliphatic carbocycles. The van der Waals surface area contributed by atoms with Crippen LogP contribution >= 0.6 is 22.9 Å². The second-order valence-corrected chi connectivity index (χ2v) is 7.02. The van der Waals surface area contributed by atoms with Gasteiger partial charge in [-0.05, 0) is 43.5 Å². The second-order valence-electron chi connectivity index (χ2n) is 5.47. The summed E-state index contributed by atoms with van der Waals surface area (Å²) in [7, 11) is 0. The van der Waals surface area contributed by atoms with Gasteiger partial charge in [-0.3, -0.25) is 4.79 Å². The summed E-state index contributed by atoms with van der Waals surface area (Å²) in [5.74, 6) is 0.512. The molecule has 0 radical (unpaired) electrons. The van der Waals surface area contributed by atoms with Gasteiger partial charge in [-0.25, -0.2) is 4.98 Å². The van der Waals surface area contributed by atoms with Crippen LogP contribution in [0, 0.1) is 11.8 Å². The third-order valence-electron chi connectivity index (χ3n) is 4.11. The Morgan fingerprint density at radius 2 is 2.33 bits per heavy atom. The van der Waals surface area contributed by atoms with E-state index in [0.717, 1.165) is 34.5 Å². The second kappa shape index (κ2) is 6.30. The van der Waals surface area contributed by atoms with Gasteiger partial charge in [0, 0.05) is 10.9 Å². The molecule has 3 rings (SSSR count). The van der Waals surface area contributed by atoms with Crippen molar-refractivity contribution in [2.45, 2.75) is 25.8 Å². The van der Waals surface area contributed by atoms with Crippen molar-refractivity contribution in [2.24, 2.45) is 17.6 Å². The van der Waals surface area contributed by atoms with E-state index in [1.54, 1.807) is 11.3 Å². The number of amides is 1. The average Bonchev–Trinajstić information content (AvgIpc) is 3.10. The average molecular weight is 324 g/mol. The van der Waals surface area contributed by atoms with E-state index in [1.807, 2.05) is 18.2 Å². The molecule has 1 amide bonds. The highest BCUT2D eigenvalue weighted by Crippen LogP contribution is 2.31. The van der Waals surface area contributed by atoms with Crippen LogP contribution in [-0.2, 0) is 11.3 Å². The summed E-state index contributed by atoms with van der Waals surface area (Å²) >= 11 is 7.54. The van der Waals surface area contributed by atoms with Gasteiger partial charge in [0.25, 0.3) is 0 Å². The summed E-state index contributed by atoms with van der Waals surface area (Å²) in [6.07, 6.45) is 3.11. The maximum Gasteiger partial charge on any atom is 0.223 e. The van der Waals surface area contributed by atoms with Crippen molar-refractivity contribution in [3.05, 3.63) is 28.2 Å². The van der Waals surface area contributed by atoms with E-state index in [4.69, 9.17) is 17.3 Å². The fraction of sp³-hybridized carbons (Fsp3) is 0.467. The zero-order valence-electron chi connectivity index (χ0n) is 11.6. The molecule has 21 heavy (non-hydrogen) atoms. The molecule has 1 aromatic heterocycles. The fourth-order valence-corrected chi connectivity index (χ4v) is 4.04. The number of carbonyl (C=O) groups is 1. The minimum absolute atomic E-state index is 0.0684. The highest BCUT2D eigenvalue weighted by molar-refractivity contribution is 7.18. The van der Waals surface area contributed by atoms with Crippen molar-refractivity contribution in [1.29, 1.82) is 0 Å². The summed E-state index contributed by atoms with van der Waals surface area (Å²) < 4.78 is 1.09. The van der Waals surface area contributed by atoms with Crippen LogP contribution in [0.5, 0.6) is 0 Å². The first-order valence-electron chi connectivity index (χ1n) is 7.20. The predicted molar refractivity (Wildman–Crippen MR) is 86.4 cm³/mol. The van der Waals surface area contributed by atoms with E-state index < -0.39 is 0 Å². The molecule has 1 fully saturated rings. The molecule has 2 atom stereocenters. The topological polar surface area (TPSA) is 68.0 Å². The van der Waals surface area contributed by atoms with Gasteiger partial charge in [0.2, 0.25) is 5.91 Å². The van der Waals surface area contributed by atoms with E-state index in [0.29, 0.717) is 24.0 Å². The molecule has 2 aromatic rings. The van der Waals surface area contributed by atoms with Crippen LogP contribution in [0.25, 0.3) is 10.2 Å². The Morgan fingerprint density at radius 1 is 1.48 bits per heavy atom. The van der Waals surface area contributed by atoms with Gasteiger partial charge < -0.3 is 11.1 Å². The highest BCUT2D eigenvalue weighted by Gasteiger charge is 2.31. The zero-order valence-corrected chi connectivity index (χ0v) is 13.2. The lowest BCUT2D eigenvalue weighted by Gasteiger charge is -2.16. The molecule has 0 aliphatic heterocycles. The Hall–Kier alpha value is -1.17. The highest BCUT2D eigenvalue weighted by atomic mass is 35.5. The van der Waals surface area contributed by atoms with Crippen molar-refractivity contribution < 1.29 is 4.79 Å². The van der Waals surface area contributed by atoms with Crippen molar-refractivity contribution in [3.63, 3.8) is 0 Å². The Morgan fingerprint density at radius 3 is 3.14 bits per heavy atom. The van der Waals surface area contributed by atoms with Crippen molar-refractivity contribution in [1.82, 2.24) is 10.3 Å². The largest absolute Gasteiger partial charge is 0.349 e. The third kappa shape index (κ3) is 3.20. The lowest BCUT2D eigenvalue weighted by atomic mass is 9.95. The molecule has 1 aliphatic rings. The molecule has 0 saturated heterocycles. The first-order chi connectivity index (χ1) is 10.2. The molecule has 1 heterocycles. The summed E-state index contributed by atoms with van der Waals surface area (Å²) in [4.78, 5) is 16.8. The van der Waals surface area contributed by atoms with Crippen LogP contribution in [0.2, 0.25) is 5.02 Å². The lowest BCUT2D eigenvalue weighted by molar-refractivity contribution is -0.126. The van der Waals surface area contributed by atoms with Gasteiger partial charge in [0.05, 0.1) is 16.8 Å². The van der Waals surface area contributed by atoms with Crippen LogP contribution in [-0.4, -0.2) is 17.4 Å². The zero-order chi connectivity index (χ0) is 14.8. The number of nitrogens with two attached hydrogens (primary N) is 1. The Kier molecular flexibility index (Phi) is 4.42. The molecular weight excluding hydrogens is 306 g/mol. The number of benzene rings is 1. The molecular formula is C15H18ClN3OS. The first-order valence-corrected chi connectivity index (χ1v) is 8.39. The third-order valence-corrected chi connectivity index (χ3v) is 5.38. The maximum atomic E-state index is 12.2. The number of aromatic nitrogens is 1. The molecule has 1 aromatic carbocycles. The van der Waals surface area contributed by atoms with Gasteiger partial charge in [0.1, 0.15) is 5.01 Å². The molecule has 0 bridgehead atoms. The number of hydrogen-bond acceptors (Lipinski definition) is 4. The van der Waals surface area contributed by atoms with Crippen molar-refractivity contribution >= 4 is 39.1 Å². The first kappa shape index (κ1) is 14.8. The standard InChI is InChI=1S/C15H18ClN3OS/c16-10-4-5-13-12(6-10)19-14(21-13)8-18-15(20)11-3-1-2-9(11)7-17/h4-6,9,11H,1-3,7-8,17H2,(H,18,20)/t9-,11-/m1/s1. The summed E-state index contributed by atoms with van der Waals surface area (Å²) in [5.41, 5.74) is 6.62. The number of halogens is 1. The van der Waals surface area contributed by atoms with Gasteiger partial charge in [-0.2, -0.15) is 0 Å². The van der Waals surface area contributed by atoms with E-state index in [2.05, 4.69) is 10.3 Å². The maximum absolute atomic E-state index is 12.2. The van der Waals surface area contributed by atoms with Crippen molar-refractivity contribution in [2.75, 3.05) is 6.54 Å². The van der Waals surface area contributed by atoms with Crippen LogP contribution in [0.1, 0.15) is 24.3 Å². The SMILES string of the molecule is NC[C@H]1CCC[C@H]1C(=O)NCc1nc2cc(Cl)ccc2s1. The minimum atomic E-state index is 0.0684. The van der Waals surface area contributed by atoms with Crippen LogP contribution in [0.15, 0.2) is 18.2 Å².